The van der Waals surface area contributed by atoms with E-state index in [2.05, 4.69) is 5.32 Å². The second-order valence-electron chi connectivity index (χ2n) is 4.81. The Balaban J connectivity index is 2.79. The molecule has 2 N–H and O–H groups in total. The predicted molar refractivity (Wildman–Crippen MR) is 69.1 cm³/mol. The van der Waals surface area contributed by atoms with Crippen molar-refractivity contribution in [1.82, 2.24) is 5.32 Å². The monoisotopic (exact) mass is 235 g/mol. The maximum absolute atomic E-state index is 12.0. The van der Waals surface area contributed by atoms with Gasteiger partial charge in [0.25, 0.3) is 5.91 Å². The predicted octanol–water partition coefficient (Wildman–Crippen LogP) is 2.05. The summed E-state index contributed by atoms with van der Waals surface area (Å²) in [7, 11) is 0. The van der Waals surface area contributed by atoms with E-state index in [0.29, 0.717) is 5.56 Å². The van der Waals surface area contributed by atoms with Crippen molar-refractivity contribution >= 4 is 5.91 Å². The Labute approximate surface area is 103 Å². The van der Waals surface area contributed by atoms with Gasteiger partial charge in [0.1, 0.15) is 0 Å². The summed E-state index contributed by atoms with van der Waals surface area (Å²) in [5, 5.41) is 12.0. The van der Waals surface area contributed by atoms with E-state index in [1.165, 1.54) is 5.56 Å². The molecule has 1 aromatic carbocycles. The lowest BCUT2D eigenvalue weighted by Crippen LogP contribution is -2.41. The third-order valence-corrected chi connectivity index (χ3v) is 3.09. The van der Waals surface area contributed by atoms with E-state index in [-0.39, 0.29) is 24.5 Å². The van der Waals surface area contributed by atoms with Gasteiger partial charge in [-0.15, -0.1) is 0 Å². The molecule has 0 saturated carbocycles. The Bertz CT molecular complexity index is 399. The largest absolute Gasteiger partial charge is 0.394 e. The maximum atomic E-state index is 12.0. The van der Waals surface area contributed by atoms with E-state index in [1.54, 1.807) is 0 Å². The third kappa shape index (κ3) is 3.56. The molecule has 0 aliphatic carbocycles. The number of hydrogen-bond acceptors (Lipinski definition) is 2. The molecule has 0 radical (unpaired) electrons. The van der Waals surface area contributed by atoms with Crippen LogP contribution in [0.2, 0.25) is 0 Å². The number of carbonyl (C=O) groups is 1. The quantitative estimate of drug-likeness (QED) is 0.839. The van der Waals surface area contributed by atoms with Crippen LogP contribution < -0.4 is 5.32 Å². The Kier molecular flexibility index (Phi) is 4.70. The summed E-state index contributed by atoms with van der Waals surface area (Å²) in [6, 6.07) is 5.43. The van der Waals surface area contributed by atoms with Gasteiger partial charge in [0.05, 0.1) is 12.6 Å². The van der Waals surface area contributed by atoms with Crippen molar-refractivity contribution in [3.05, 3.63) is 34.9 Å². The molecule has 0 fully saturated rings. The normalized spacial score (nSPS) is 12.6. The molecule has 1 amide bonds. The molecular weight excluding hydrogens is 214 g/mol. The second kappa shape index (κ2) is 5.82. The minimum Gasteiger partial charge on any atom is -0.394 e. The van der Waals surface area contributed by atoms with Gasteiger partial charge in [-0.05, 0) is 43.0 Å². The zero-order valence-electron chi connectivity index (χ0n) is 10.9. The summed E-state index contributed by atoms with van der Waals surface area (Å²) in [5.41, 5.74) is 2.92. The highest BCUT2D eigenvalue weighted by molar-refractivity contribution is 5.94. The minimum atomic E-state index is -0.191. The summed E-state index contributed by atoms with van der Waals surface area (Å²) in [4.78, 5) is 12.0. The molecule has 3 heteroatoms. The Morgan fingerprint density at radius 1 is 1.29 bits per heavy atom. The average Bonchev–Trinajstić information content (AvgIpc) is 2.28. The molecule has 0 heterocycles. The molecular formula is C14H21NO2. The molecule has 0 spiro atoms. The number of benzene rings is 1. The molecule has 94 valence electrons. The zero-order chi connectivity index (χ0) is 13.0. The number of rotatable bonds is 4. The van der Waals surface area contributed by atoms with Crippen LogP contribution in [0.15, 0.2) is 18.2 Å². The van der Waals surface area contributed by atoms with Crippen molar-refractivity contribution in [2.75, 3.05) is 6.61 Å². The molecule has 3 nitrogen and oxygen atoms in total. The van der Waals surface area contributed by atoms with Crippen LogP contribution in [0.5, 0.6) is 0 Å². The van der Waals surface area contributed by atoms with Crippen molar-refractivity contribution in [2.45, 2.75) is 33.7 Å². The number of carbonyl (C=O) groups excluding carboxylic acids is 1. The molecule has 0 aliphatic rings. The zero-order valence-corrected chi connectivity index (χ0v) is 10.9. The van der Waals surface area contributed by atoms with Crippen LogP contribution in [0.3, 0.4) is 0 Å². The van der Waals surface area contributed by atoms with Crippen LogP contribution >= 0.6 is 0 Å². The van der Waals surface area contributed by atoms with Gasteiger partial charge in [-0.3, -0.25) is 4.79 Å². The lowest BCUT2D eigenvalue weighted by Gasteiger charge is -2.20. The first-order valence-electron chi connectivity index (χ1n) is 5.94. The molecule has 1 atom stereocenters. The summed E-state index contributed by atoms with van der Waals surface area (Å²) < 4.78 is 0. The van der Waals surface area contributed by atoms with Crippen LogP contribution in [-0.4, -0.2) is 23.7 Å². The fraction of sp³-hybridized carbons (Fsp3) is 0.500. The first-order chi connectivity index (χ1) is 7.95. The highest BCUT2D eigenvalue weighted by Crippen LogP contribution is 2.10. The van der Waals surface area contributed by atoms with Crippen LogP contribution in [0, 0.1) is 19.8 Å². The van der Waals surface area contributed by atoms with E-state index in [9.17, 15) is 9.90 Å². The molecule has 17 heavy (non-hydrogen) atoms. The molecule has 0 bridgehead atoms. The first kappa shape index (κ1) is 13.7. The third-order valence-electron chi connectivity index (χ3n) is 3.09. The first-order valence-corrected chi connectivity index (χ1v) is 5.94. The van der Waals surface area contributed by atoms with Gasteiger partial charge in [-0.2, -0.15) is 0 Å². The molecule has 1 unspecified atom stereocenters. The van der Waals surface area contributed by atoms with E-state index in [0.717, 1.165) is 5.56 Å². The van der Waals surface area contributed by atoms with E-state index >= 15 is 0 Å². The highest BCUT2D eigenvalue weighted by atomic mass is 16.3. The van der Waals surface area contributed by atoms with E-state index < -0.39 is 0 Å². The summed E-state index contributed by atoms with van der Waals surface area (Å²) in [6.07, 6.45) is 0. The highest BCUT2D eigenvalue weighted by Gasteiger charge is 2.16. The number of aliphatic hydroxyl groups is 1. The van der Waals surface area contributed by atoms with Gasteiger partial charge in [0.2, 0.25) is 0 Å². The number of hydrogen-bond donors (Lipinski definition) is 2. The Hall–Kier alpha value is -1.35. The number of aliphatic hydroxyl groups excluding tert-OH is 1. The molecule has 1 aromatic rings. The lowest BCUT2D eigenvalue weighted by molar-refractivity contribution is 0.0897. The Morgan fingerprint density at radius 3 is 2.41 bits per heavy atom. The van der Waals surface area contributed by atoms with Gasteiger partial charge in [-0.25, -0.2) is 0 Å². The minimum absolute atomic E-state index is 0.0335. The standard InChI is InChI=1S/C14H21NO2/c1-9(2)13(8-16)15-14(17)12-6-5-10(3)11(4)7-12/h5-7,9,13,16H,8H2,1-4H3,(H,15,17). The van der Waals surface area contributed by atoms with Crippen molar-refractivity contribution in [2.24, 2.45) is 5.92 Å². The molecule has 0 aromatic heterocycles. The van der Waals surface area contributed by atoms with Crippen LogP contribution in [0.25, 0.3) is 0 Å². The van der Waals surface area contributed by atoms with Gasteiger partial charge in [-0.1, -0.05) is 19.9 Å². The van der Waals surface area contributed by atoms with Crippen LogP contribution in [0.1, 0.15) is 35.3 Å². The van der Waals surface area contributed by atoms with Crippen LogP contribution in [0.4, 0.5) is 0 Å². The van der Waals surface area contributed by atoms with E-state index in [1.807, 2.05) is 45.9 Å². The van der Waals surface area contributed by atoms with Gasteiger partial charge in [0.15, 0.2) is 0 Å². The number of nitrogens with one attached hydrogen (secondary N) is 1. The van der Waals surface area contributed by atoms with Crippen LogP contribution in [-0.2, 0) is 0 Å². The van der Waals surface area contributed by atoms with E-state index in [4.69, 9.17) is 0 Å². The summed E-state index contributed by atoms with van der Waals surface area (Å²) in [6.45, 7) is 7.91. The fourth-order valence-corrected chi connectivity index (χ4v) is 1.56. The van der Waals surface area contributed by atoms with Crippen molar-refractivity contribution in [3.8, 4) is 0 Å². The smallest absolute Gasteiger partial charge is 0.251 e. The Morgan fingerprint density at radius 2 is 1.94 bits per heavy atom. The maximum Gasteiger partial charge on any atom is 0.251 e. The SMILES string of the molecule is Cc1ccc(C(=O)NC(CO)C(C)C)cc1C. The van der Waals surface area contributed by atoms with Gasteiger partial charge < -0.3 is 10.4 Å². The van der Waals surface area contributed by atoms with Crippen molar-refractivity contribution in [3.63, 3.8) is 0 Å². The summed E-state index contributed by atoms with van der Waals surface area (Å²) >= 11 is 0. The lowest BCUT2D eigenvalue weighted by atomic mass is 10.0. The number of aryl methyl sites for hydroxylation is 2. The average molecular weight is 235 g/mol. The summed E-state index contributed by atoms with van der Waals surface area (Å²) in [5.74, 6) is 0.0938. The van der Waals surface area contributed by atoms with Crippen molar-refractivity contribution < 1.29 is 9.90 Å². The molecule has 0 saturated heterocycles. The molecule has 1 rings (SSSR count). The second-order valence-corrected chi connectivity index (χ2v) is 4.81. The van der Waals surface area contributed by atoms with Gasteiger partial charge in [0, 0.05) is 5.56 Å². The fourth-order valence-electron chi connectivity index (χ4n) is 1.56. The molecule has 0 aliphatic heterocycles. The topological polar surface area (TPSA) is 49.3 Å². The van der Waals surface area contributed by atoms with Gasteiger partial charge >= 0.3 is 0 Å². The van der Waals surface area contributed by atoms with Crippen molar-refractivity contribution in [1.29, 1.82) is 0 Å². The number of amides is 1.